The number of hydrogen-bond acceptors (Lipinski definition) is 2. The standard InChI is InChI=1S/C23H24N2O3/c1-16-11-18-9-5-6-10-21(18)25(16)15-22(26)24-13-19(20(14-24)23(27)28)12-17-7-3-2-4-8-17/h2-11,19-20H,12-15H2,1H3,(H,27,28)/t19-,20-/m1/s1. The van der Waals surface area contributed by atoms with E-state index in [4.69, 9.17) is 0 Å². The van der Waals surface area contributed by atoms with Gasteiger partial charge in [-0.25, -0.2) is 0 Å². The largest absolute Gasteiger partial charge is 0.481 e. The molecule has 2 atom stereocenters. The number of aromatic nitrogens is 1. The third kappa shape index (κ3) is 3.52. The number of nitrogens with zero attached hydrogens (tertiary/aromatic N) is 2. The highest BCUT2D eigenvalue weighted by atomic mass is 16.4. The Balaban J connectivity index is 1.51. The fourth-order valence-corrected chi connectivity index (χ4v) is 4.27. The quantitative estimate of drug-likeness (QED) is 0.743. The van der Waals surface area contributed by atoms with E-state index in [1.165, 1.54) is 0 Å². The Morgan fingerprint density at radius 3 is 2.50 bits per heavy atom. The van der Waals surface area contributed by atoms with Crippen LogP contribution in [0.5, 0.6) is 0 Å². The van der Waals surface area contributed by atoms with Crippen LogP contribution in [0.15, 0.2) is 60.7 Å². The summed E-state index contributed by atoms with van der Waals surface area (Å²) in [5.74, 6) is -1.43. The molecule has 3 aromatic rings. The lowest BCUT2D eigenvalue weighted by Gasteiger charge is -2.18. The Kier molecular flexibility index (Phi) is 4.90. The van der Waals surface area contributed by atoms with E-state index >= 15 is 0 Å². The topological polar surface area (TPSA) is 62.5 Å². The highest BCUT2D eigenvalue weighted by molar-refractivity contribution is 5.85. The number of amides is 1. The summed E-state index contributed by atoms with van der Waals surface area (Å²) < 4.78 is 2.01. The monoisotopic (exact) mass is 376 g/mol. The summed E-state index contributed by atoms with van der Waals surface area (Å²) >= 11 is 0. The average molecular weight is 376 g/mol. The van der Waals surface area contributed by atoms with Crippen LogP contribution < -0.4 is 0 Å². The summed E-state index contributed by atoms with van der Waals surface area (Å²) in [7, 11) is 0. The molecule has 0 saturated carbocycles. The molecule has 0 spiro atoms. The van der Waals surface area contributed by atoms with Gasteiger partial charge in [0, 0.05) is 24.3 Å². The van der Waals surface area contributed by atoms with Crippen LogP contribution in [0.4, 0.5) is 0 Å². The van der Waals surface area contributed by atoms with Gasteiger partial charge in [-0.1, -0.05) is 48.5 Å². The van der Waals surface area contributed by atoms with Crippen molar-refractivity contribution < 1.29 is 14.7 Å². The molecule has 144 valence electrons. The van der Waals surface area contributed by atoms with Crippen LogP contribution in [0, 0.1) is 18.8 Å². The summed E-state index contributed by atoms with van der Waals surface area (Å²) in [6.45, 7) is 3.01. The number of para-hydroxylation sites is 1. The molecule has 0 radical (unpaired) electrons. The van der Waals surface area contributed by atoms with E-state index in [1.807, 2.05) is 66.1 Å². The lowest BCUT2D eigenvalue weighted by Crippen LogP contribution is -2.33. The van der Waals surface area contributed by atoms with Crippen LogP contribution in [0.3, 0.4) is 0 Å². The van der Waals surface area contributed by atoms with Crippen molar-refractivity contribution in [3.8, 4) is 0 Å². The summed E-state index contributed by atoms with van der Waals surface area (Å²) in [5.41, 5.74) is 3.17. The first-order chi connectivity index (χ1) is 13.5. The first-order valence-electron chi connectivity index (χ1n) is 9.62. The highest BCUT2D eigenvalue weighted by Crippen LogP contribution is 2.28. The number of carbonyl (C=O) groups excluding carboxylic acids is 1. The maximum absolute atomic E-state index is 13.0. The zero-order valence-corrected chi connectivity index (χ0v) is 15.9. The number of carboxylic acids is 1. The van der Waals surface area contributed by atoms with Gasteiger partial charge in [0.1, 0.15) is 6.54 Å². The fraction of sp³-hybridized carbons (Fsp3) is 0.304. The molecule has 1 N–H and O–H groups in total. The molecule has 2 heterocycles. The van der Waals surface area contributed by atoms with Gasteiger partial charge in [-0.2, -0.15) is 0 Å². The predicted octanol–water partition coefficient (Wildman–Crippen LogP) is 3.35. The van der Waals surface area contributed by atoms with Crippen LogP contribution in [-0.2, 0) is 22.6 Å². The molecule has 1 aromatic heterocycles. The van der Waals surface area contributed by atoms with Crippen molar-refractivity contribution in [1.82, 2.24) is 9.47 Å². The van der Waals surface area contributed by atoms with E-state index in [-0.39, 0.29) is 24.9 Å². The molecule has 1 aliphatic rings. The lowest BCUT2D eigenvalue weighted by molar-refractivity contribution is -0.142. The van der Waals surface area contributed by atoms with Gasteiger partial charge < -0.3 is 14.6 Å². The molecule has 0 bridgehead atoms. The summed E-state index contributed by atoms with van der Waals surface area (Å²) in [6.07, 6.45) is 0.674. The van der Waals surface area contributed by atoms with Gasteiger partial charge in [-0.05, 0) is 42.3 Å². The second-order valence-electron chi connectivity index (χ2n) is 7.62. The van der Waals surface area contributed by atoms with Crippen molar-refractivity contribution in [2.45, 2.75) is 19.9 Å². The number of hydrogen-bond donors (Lipinski definition) is 1. The fourth-order valence-electron chi connectivity index (χ4n) is 4.27. The number of rotatable bonds is 5. The molecule has 1 fully saturated rings. The molecule has 4 rings (SSSR count). The maximum atomic E-state index is 13.0. The van der Waals surface area contributed by atoms with Crippen LogP contribution >= 0.6 is 0 Å². The van der Waals surface area contributed by atoms with E-state index < -0.39 is 11.9 Å². The van der Waals surface area contributed by atoms with Crippen LogP contribution in [0.1, 0.15) is 11.3 Å². The molecular weight excluding hydrogens is 352 g/mol. The van der Waals surface area contributed by atoms with Gasteiger partial charge >= 0.3 is 5.97 Å². The zero-order valence-electron chi connectivity index (χ0n) is 15.9. The third-order valence-corrected chi connectivity index (χ3v) is 5.76. The van der Waals surface area contributed by atoms with Gasteiger partial charge in [0.05, 0.1) is 5.92 Å². The van der Waals surface area contributed by atoms with Gasteiger partial charge in [-0.15, -0.1) is 0 Å². The van der Waals surface area contributed by atoms with E-state index in [2.05, 4.69) is 6.07 Å². The summed E-state index contributed by atoms with van der Waals surface area (Å²) in [5, 5.41) is 10.8. The van der Waals surface area contributed by atoms with Crippen LogP contribution in [0.2, 0.25) is 0 Å². The first kappa shape index (κ1) is 18.3. The minimum absolute atomic E-state index is 0.0220. The number of aryl methyl sites for hydroxylation is 1. The number of benzene rings is 2. The second-order valence-corrected chi connectivity index (χ2v) is 7.62. The Bertz CT molecular complexity index is 1010. The predicted molar refractivity (Wildman–Crippen MR) is 108 cm³/mol. The molecule has 2 aromatic carbocycles. The van der Waals surface area contributed by atoms with Crippen molar-refractivity contribution in [3.63, 3.8) is 0 Å². The molecular formula is C23H24N2O3. The van der Waals surface area contributed by atoms with E-state index in [0.717, 1.165) is 22.2 Å². The number of carboxylic acid groups (broad SMARTS) is 1. The van der Waals surface area contributed by atoms with E-state index in [1.54, 1.807) is 4.90 Å². The van der Waals surface area contributed by atoms with E-state index in [9.17, 15) is 14.7 Å². The Hall–Kier alpha value is -3.08. The Morgan fingerprint density at radius 2 is 1.75 bits per heavy atom. The van der Waals surface area contributed by atoms with Crippen LogP contribution in [-0.4, -0.2) is 39.5 Å². The van der Waals surface area contributed by atoms with Gasteiger partial charge in [0.2, 0.25) is 5.91 Å². The third-order valence-electron chi connectivity index (χ3n) is 5.76. The molecule has 28 heavy (non-hydrogen) atoms. The van der Waals surface area contributed by atoms with Crippen molar-refractivity contribution in [1.29, 1.82) is 0 Å². The van der Waals surface area contributed by atoms with Gasteiger partial charge in [-0.3, -0.25) is 9.59 Å². The number of fused-ring (bicyclic) bond motifs is 1. The number of likely N-dealkylation sites (tertiary alicyclic amines) is 1. The maximum Gasteiger partial charge on any atom is 0.308 e. The molecule has 5 nitrogen and oxygen atoms in total. The minimum Gasteiger partial charge on any atom is -0.481 e. The Labute approximate surface area is 164 Å². The van der Waals surface area contributed by atoms with Gasteiger partial charge in [0.25, 0.3) is 0 Å². The highest BCUT2D eigenvalue weighted by Gasteiger charge is 2.39. The van der Waals surface area contributed by atoms with E-state index in [0.29, 0.717) is 13.0 Å². The first-order valence-corrected chi connectivity index (χ1v) is 9.62. The molecule has 1 amide bonds. The lowest BCUT2D eigenvalue weighted by atomic mass is 9.90. The minimum atomic E-state index is -0.821. The summed E-state index contributed by atoms with van der Waals surface area (Å²) in [6, 6.07) is 20.0. The van der Waals surface area contributed by atoms with Gasteiger partial charge in [0.15, 0.2) is 0 Å². The SMILES string of the molecule is Cc1cc2ccccc2n1CC(=O)N1C[C@@H](Cc2ccccc2)[C@H](C(=O)O)C1. The Morgan fingerprint density at radius 1 is 1.04 bits per heavy atom. The number of aliphatic carboxylic acids is 1. The van der Waals surface area contributed by atoms with Crippen molar-refractivity contribution >= 4 is 22.8 Å². The van der Waals surface area contributed by atoms with Crippen molar-refractivity contribution in [2.24, 2.45) is 11.8 Å². The van der Waals surface area contributed by atoms with Crippen LogP contribution in [0.25, 0.3) is 10.9 Å². The van der Waals surface area contributed by atoms with Crippen molar-refractivity contribution in [3.05, 3.63) is 71.9 Å². The second kappa shape index (κ2) is 7.50. The zero-order chi connectivity index (χ0) is 19.7. The molecule has 1 aliphatic heterocycles. The smallest absolute Gasteiger partial charge is 0.308 e. The molecule has 0 unspecified atom stereocenters. The summed E-state index contributed by atoms with van der Waals surface area (Å²) in [4.78, 5) is 26.5. The molecule has 1 saturated heterocycles. The average Bonchev–Trinajstić information content (AvgIpc) is 3.24. The molecule has 5 heteroatoms. The number of carbonyl (C=O) groups is 2. The normalized spacial score (nSPS) is 19.2. The molecule has 0 aliphatic carbocycles. The van der Waals surface area contributed by atoms with Crippen molar-refractivity contribution in [2.75, 3.05) is 13.1 Å².